The van der Waals surface area contributed by atoms with E-state index in [9.17, 15) is 4.79 Å². The van der Waals surface area contributed by atoms with Crippen molar-refractivity contribution < 1.29 is 14.6 Å². The number of hydrogen-bond donors (Lipinski definition) is 1. The van der Waals surface area contributed by atoms with Crippen LogP contribution in [-0.4, -0.2) is 22.7 Å². The quantitative estimate of drug-likeness (QED) is 0.882. The van der Waals surface area contributed by atoms with Crippen molar-refractivity contribution in [3.05, 3.63) is 16.1 Å². The first-order chi connectivity index (χ1) is 7.89. The Morgan fingerprint density at radius 2 is 2.29 bits per heavy atom. The summed E-state index contributed by atoms with van der Waals surface area (Å²) < 4.78 is 5.50. The summed E-state index contributed by atoms with van der Waals surface area (Å²) in [6.45, 7) is 6.80. The molecule has 17 heavy (non-hydrogen) atoms. The van der Waals surface area contributed by atoms with Gasteiger partial charge in [-0.1, -0.05) is 20.8 Å². The van der Waals surface area contributed by atoms with E-state index in [1.165, 1.54) is 0 Å². The van der Waals surface area contributed by atoms with Gasteiger partial charge in [-0.2, -0.15) is 0 Å². The van der Waals surface area contributed by atoms with Gasteiger partial charge in [0.1, 0.15) is 6.10 Å². The number of carbonyl (C=O) groups is 1. The van der Waals surface area contributed by atoms with Crippen LogP contribution in [0.25, 0.3) is 0 Å². The van der Waals surface area contributed by atoms with Crippen molar-refractivity contribution in [3.63, 3.8) is 0 Å². The molecule has 0 aliphatic carbocycles. The smallest absolute Gasteiger partial charge is 0.309 e. The summed E-state index contributed by atoms with van der Waals surface area (Å²) in [6.07, 6.45) is 0.197. The van der Waals surface area contributed by atoms with Gasteiger partial charge in [0.2, 0.25) is 0 Å². The lowest BCUT2D eigenvalue weighted by atomic mass is 9.97. The maximum Gasteiger partial charge on any atom is 0.309 e. The van der Waals surface area contributed by atoms with E-state index in [1.54, 1.807) is 11.3 Å². The van der Waals surface area contributed by atoms with Gasteiger partial charge in [-0.15, -0.1) is 11.3 Å². The van der Waals surface area contributed by atoms with Gasteiger partial charge >= 0.3 is 5.97 Å². The number of hydrogen-bond acceptors (Lipinski definition) is 4. The summed E-state index contributed by atoms with van der Waals surface area (Å²) >= 11 is 1.57. The number of aromatic nitrogens is 1. The van der Waals surface area contributed by atoms with Gasteiger partial charge in [0.05, 0.1) is 16.6 Å². The Morgan fingerprint density at radius 1 is 1.59 bits per heavy atom. The molecule has 0 radical (unpaired) electrons. The largest absolute Gasteiger partial charge is 0.481 e. The van der Waals surface area contributed by atoms with Crippen molar-refractivity contribution in [2.45, 2.75) is 38.7 Å². The molecule has 1 fully saturated rings. The molecule has 2 unspecified atom stereocenters. The normalized spacial score (nSPS) is 25.1. The zero-order valence-electron chi connectivity index (χ0n) is 10.3. The van der Waals surface area contributed by atoms with Crippen LogP contribution in [-0.2, 0) is 14.9 Å². The topological polar surface area (TPSA) is 59.4 Å². The number of carboxylic acid groups (broad SMARTS) is 1. The van der Waals surface area contributed by atoms with Crippen LogP contribution in [0.5, 0.6) is 0 Å². The minimum atomic E-state index is -0.794. The summed E-state index contributed by atoms with van der Waals surface area (Å²) in [6, 6.07) is 0. The molecule has 0 saturated carbocycles. The predicted octanol–water partition coefficient (Wildman–Crippen LogP) is 2.60. The molecule has 1 aliphatic rings. The number of rotatable bonds is 2. The highest BCUT2D eigenvalue weighted by Crippen LogP contribution is 2.36. The van der Waals surface area contributed by atoms with E-state index in [-0.39, 0.29) is 11.5 Å². The van der Waals surface area contributed by atoms with Gasteiger partial charge in [-0.3, -0.25) is 4.79 Å². The summed E-state index contributed by atoms with van der Waals surface area (Å²) in [5.74, 6) is -1.25. The van der Waals surface area contributed by atoms with Crippen LogP contribution in [0.2, 0.25) is 0 Å². The Labute approximate surface area is 105 Å². The second-order valence-electron chi connectivity index (χ2n) is 5.35. The molecule has 0 spiro atoms. The standard InChI is InChI=1S/C12H17NO3S/c1-12(2,3)11-13-8(6-17-11)9-7(10(14)15)4-5-16-9/h6-7,9H,4-5H2,1-3H3,(H,14,15). The molecule has 1 N–H and O–H groups in total. The SMILES string of the molecule is CC(C)(C)c1nc(C2OCCC2C(=O)O)cs1. The van der Waals surface area contributed by atoms with Crippen molar-refractivity contribution in [2.24, 2.45) is 5.92 Å². The highest BCUT2D eigenvalue weighted by molar-refractivity contribution is 7.09. The maximum absolute atomic E-state index is 11.1. The third kappa shape index (κ3) is 2.50. The maximum atomic E-state index is 11.1. The van der Waals surface area contributed by atoms with Crippen LogP contribution >= 0.6 is 11.3 Å². The van der Waals surface area contributed by atoms with Gasteiger partial charge < -0.3 is 9.84 Å². The van der Waals surface area contributed by atoms with E-state index in [1.807, 2.05) is 5.38 Å². The Hall–Kier alpha value is -0.940. The van der Waals surface area contributed by atoms with Gasteiger partial charge in [0.25, 0.3) is 0 Å². The zero-order valence-corrected chi connectivity index (χ0v) is 11.1. The molecule has 2 heterocycles. The fourth-order valence-electron chi connectivity index (χ4n) is 1.90. The van der Waals surface area contributed by atoms with Crippen LogP contribution in [0, 0.1) is 5.92 Å². The highest BCUT2D eigenvalue weighted by Gasteiger charge is 2.37. The average Bonchev–Trinajstić information content (AvgIpc) is 2.85. The zero-order chi connectivity index (χ0) is 12.6. The van der Waals surface area contributed by atoms with E-state index in [0.29, 0.717) is 13.0 Å². The Kier molecular flexibility index (Phi) is 3.23. The number of ether oxygens (including phenoxy) is 1. The van der Waals surface area contributed by atoms with E-state index < -0.39 is 11.9 Å². The van der Waals surface area contributed by atoms with Crippen LogP contribution in [0.4, 0.5) is 0 Å². The van der Waals surface area contributed by atoms with Gasteiger partial charge in [-0.25, -0.2) is 4.98 Å². The van der Waals surface area contributed by atoms with Gasteiger partial charge in [0.15, 0.2) is 0 Å². The molecule has 1 aromatic heterocycles. The van der Waals surface area contributed by atoms with Gasteiger partial charge in [0, 0.05) is 17.4 Å². The van der Waals surface area contributed by atoms with Crippen molar-refractivity contribution in [1.82, 2.24) is 4.98 Å². The molecule has 1 aromatic rings. The molecular formula is C12H17NO3S. The van der Waals surface area contributed by atoms with Crippen molar-refractivity contribution >= 4 is 17.3 Å². The fourth-order valence-corrected chi connectivity index (χ4v) is 2.83. The van der Waals surface area contributed by atoms with E-state index in [2.05, 4.69) is 25.8 Å². The second kappa shape index (κ2) is 4.38. The molecule has 2 rings (SSSR count). The van der Waals surface area contributed by atoms with Crippen LogP contribution in [0.3, 0.4) is 0 Å². The summed E-state index contributed by atoms with van der Waals surface area (Å²) in [5, 5.41) is 12.1. The highest BCUT2D eigenvalue weighted by atomic mass is 32.1. The van der Waals surface area contributed by atoms with Crippen molar-refractivity contribution in [1.29, 1.82) is 0 Å². The van der Waals surface area contributed by atoms with E-state index in [4.69, 9.17) is 9.84 Å². The molecule has 0 aromatic carbocycles. The predicted molar refractivity (Wildman–Crippen MR) is 65.2 cm³/mol. The molecule has 0 bridgehead atoms. The van der Waals surface area contributed by atoms with E-state index >= 15 is 0 Å². The lowest BCUT2D eigenvalue weighted by Crippen LogP contribution is -2.18. The first-order valence-corrected chi connectivity index (χ1v) is 6.58. The molecular weight excluding hydrogens is 238 g/mol. The van der Waals surface area contributed by atoms with Crippen LogP contribution < -0.4 is 0 Å². The summed E-state index contributed by atoms with van der Waals surface area (Å²) in [5.41, 5.74) is 0.769. The Morgan fingerprint density at radius 3 is 2.82 bits per heavy atom. The van der Waals surface area contributed by atoms with E-state index in [0.717, 1.165) is 10.7 Å². The lowest BCUT2D eigenvalue weighted by Gasteiger charge is -2.15. The van der Waals surface area contributed by atoms with Crippen LogP contribution in [0.15, 0.2) is 5.38 Å². The lowest BCUT2D eigenvalue weighted by molar-refractivity contribution is -0.143. The third-order valence-electron chi connectivity index (χ3n) is 2.86. The van der Waals surface area contributed by atoms with Gasteiger partial charge in [-0.05, 0) is 6.42 Å². The number of carboxylic acids is 1. The monoisotopic (exact) mass is 255 g/mol. The molecule has 4 nitrogen and oxygen atoms in total. The third-order valence-corrected chi connectivity index (χ3v) is 4.15. The first-order valence-electron chi connectivity index (χ1n) is 5.70. The van der Waals surface area contributed by atoms with Crippen molar-refractivity contribution in [2.75, 3.05) is 6.61 Å². The molecule has 94 valence electrons. The van der Waals surface area contributed by atoms with Crippen molar-refractivity contribution in [3.8, 4) is 0 Å². The second-order valence-corrected chi connectivity index (χ2v) is 6.21. The molecule has 5 heteroatoms. The number of nitrogens with zero attached hydrogens (tertiary/aromatic N) is 1. The Balaban J connectivity index is 2.23. The first kappa shape index (κ1) is 12.5. The minimum Gasteiger partial charge on any atom is -0.481 e. The number of aliphatic carboxylic acids is 1. The molecule has 1 aliphatic heterocycles. The number of thiazole rings is 1. The van der Waals surface area contributed by atoms with Crippen LogP contribution in [0.1, 0.15) is 44.0 Å². The summed E-state index contributed by atoms with van der Waals surface area (Å²) in [4.78, 5) is 15.6. The fraction of sp³-hybridized carbons (Fsp3) is 0.667. The summed E-state index contributed by atoms with van der Waals surface area (Å²) in [7, 11) is 0. The average molecular weight is 255 g/mol. The molecule has 0 amide bonds. The molecule has 1 saturated heterocycles. The minimum absolute atomic E-state index is 0.000239. The molecule has 2 atom stereocenters. The Bertz CT molecular complexity index is 422.